The molecule has 2 aromatic carbocycles. The van der Waals surface area contributed by atoms with Crippen LogP contribution < -0.4 is 17.0 Å². The summed E-state index contributed by atoms with van der Waals surface area (Å²) in [7, 11) is 0. The summed E-state index contributed by atoms with van der Waals surface area (Å²) in [6, 6.07) is 20.2. The Morgan fingerprint density at radius 1 is 1.05 bits per heavy atom. The van der Waals surface area contributed by atoms with E-state index in [4.69, 9.17) is 0 Å². The van der Waals surface area contributed by atoms with Crippen LogP contribution in [-0.2, 0) is 6.54 Å². The average molecular weight is 313 g/mol. The van der Waals surface area contributed by atoms with Crippen molar-refractivity contribution in [1.82, 2.24) is 0 Å². The summed E-state index contributed by atoms with van der Waals surface area (Å²) in [6.07, 6.45) is 2.01. The summed E-state index contributed by atoms with van der Waals surface area (Å²) >= 11 is 0. The molecule has 0 aliphatic heterocycles. The van der Waals surface area contributed by atoms with Gasteiger partial charge in [-0.1, -0.05) is 47.1 Å². The number of halogens is 1. The molecule has 0 saturated carbocycles. The molecule has 1 heterocycles. The monoisotopic (exact) mass is 312 g/mol. The van der Waals surface area contributed by atoms with Crippen LogP contribution in [0.4, 0.5) is 0 Å². The van der Waals surface area contributed by atoms with E-state index in [1.54, 1.807) is 0 Å². The zero-order valence-electron chi connectivity index (χ0n) is 12.3. The van der Waals surface area contributed by atoms with Crippen LogP contribution in [0, 0.1) is 6.92 Å². The van der Waals surface area contributed by atoms with Crippen molar-refractivity contribution in [3.05, 3.63) is 78.0 Å². The third-order valence-corrected chi connectivity index (χ3v) is 3.58. The van der Waals surface area contributed by atoms with Gasteiger partial charge in [0.05, 0.1) is 0 Å². The Kier molecular flexibility index (Phi) is 5.12. The predicted octanol–water partition coefficient (Wildman–Crippen LogP) is 0.318. The molecule has 0 aliphatic rings. The van der Waals surface area contributed by atoms with Crippen molar-refractivity contribution >= 4 is 16.6 Å². The van der Waals surface area contributed by atoms with E-state index in [0.717, 1.165) is 11.1 Å². The topological polar surface area (TPSA) is 36.5 Å². The van der Waals surface area contributed by atoms with Gasteiger partial charge in [-0.3, -0.25) is 0 Å². The van der Waals surface area contributed by atoms with E-state index < -0.39 is 0 Å². The molecule has 112 valence electrons. The highest BCUT2D eigenvalue weighted by Gasteiger charge is 2.14. The highest BCUT2D eigenvalue weighted by molar-refractivity contribution is 5.99. The van der Waals surface area contributed by atoms with Crippen molar-refractivity contribution in [2.75, 3.05) is 0 Å². The number of nitrogens with zero attached hydrogens (tertiary/aromatic N) is 2. The van der Waals surface area contributed by atoms with Gasteiger partial charge < -0.3 is 17.6 Å². The molecule has 1 aromatic heterocycles. The molecule has 3 rings (SSSR count). The maximum Gasteiger partial charge on any atom is 0.212 e. The van der Waals surface area contributed by atoms with Gasteiger partial charge in [0.2, 0.25) is 5.52 Å². The lowest BCUT2D eigenvalue weighted by molar-refractivity contribution is -0.655. The van der Waals surface area contributed by atoms with Crippen molar-refractivity contribution in [2.24, 2.45) is 5.16 Å². The van der Waals surface area contributed by atoms with Crippen molar-refractivity contribution < 1.29 is 22.2 Å². The average Bonchev–Trinajstić information content (AvgIpc) is 2.53. The Balaban J connectivity index is 0.00000176. The Labute approximate surface area is 135 Å². The van der Waals surface area contributed by atoms with E-state index in [2.05, 4.69) is 40.9 Å². The summed E-state index contributed by atoms with van der Waals surface area (Å²) in [5, 5.41) is 14.0. The van der Waals surface area contributed by atoms with Gasteiger partial charge in [-0.2, -0.15) is 4.57 Å². The Bertz CT molecular complexity index is 801. The number of hydrogen-bond acceptors (Lipinski definition) is 2. The summed E-state index contributed by atoms with van der Waals surface area (Å²) in [6.45, 7) is 2.61. The second-order valence-electron chi connectivity index (χ2n) is 5.11. The van der Waals surface area contributed by atoms with Gasteiger partial charge in [-0.15, -0.1) is 0 Å². The first-order chi connectivity index (χ1) is 10.3. The zero-order valence-corrected chi connectivity index (χ0v) is 13.0. The molecule has 3 aromatic rings. The summed E-state index contributed by atoms with van der Waals surface area (Å²) in [5.74, 6) is 0. The van der Waals surface area contributed by atoms with Crippen LogP contribution >= 0.6 is 0 Å². The molecule has 0 amide bonds. The second kappa shape index (κ2) is 7.05. The lowest BCUT2D eigenvalue weighted by Gasteiger charge is -2.04. The normalized spacial score (nSPS) is 11.2. The smallest absolute Gasteiger partial charge is 0.212 e. The second-order valence-corrected chi connectivity index (χ2v) is 5.11. The maximum atomic E-state index is 9.33. The molecular weight excluding hydrogens is 296 g/mol. The number of benzene rings is 2. The molecular formula is C18H17ClN2O. The number of pyridine rings is 1. The van der Waals surface area contributed by atoms with Crippen LogP contribution in [0.15, 0.2) is 72.0 Å². The van der Waals surface area contributed by atoms with Crippen molar-refractivity contribution in [2.45, 2.75) is 13.5 Å². The molecule has 4 heteroatoms. The Morgan fingerprint density at radius 3 is 2.55 bits per heavy atom. The minimum absolute atomic E-state index is 0. The van der Waals surface area contributed by atoms with Gasteiger partial charge in [0.1, 0.15) is 0 Å². The van der Waals surface area contributed by atoms with Crippen LogP contribution in [0.1, 0.15) is 11.1 Å². The van der Waals surface area contributed by atoms with Gasteiger partial charge in [0, 0.05) is 23.1 Å². The molecule has 0 radical (unpaired) electrons. The zero-order chi connectivity index (χ0) is 14.7. The lowest BCUT2D eigenvalue weighted by atomic mass is 10.1. The minimum Gasteiger partial charge on any atom is -1.00 e. The Hall–Kier alpha value is -2.39. The van der Waals surface area contributed by atoms with Crippen LogP contribution in [0.5, 0.6) is 0 Å². The van der Waals surface area contributed by atoms with Crippen LogP contribution in [0.3, 0.4) is 0 Å². The fourth-order valence-corrected chi connectivity index (χ4v) is 2.51. The number of aromatic nitrogens is 1. The third kappa shape index (κ3) is 3.26. The van der Waals surface area contributed by atoms with E-state index in [1.807, 2.05) is 42.6 Å². The van der Waals surface area contributed by atoms with Crippen LogP contribution in [0.25, 0.3) is 10.9 Å². The fraction of sp³-hybridized carbons (Fsp3) is 0.111. The van der Waals surface area contributed by atoms with Crippen molar-refractivity contribution in [1.29, 1.82) is 0 Å². The first-order valence-electron chi connectivity index (χ1n) is 6.93. The van der Waals surface area contributed by atoms with E-state index in [-0.39, 0.29) is 12.4 Å². The lowest BCUT2D eigenvalue weighted by Crippen LogP contribution is -3.00. The van der Waals surface area contributed by atoms with E-state index >= 15 is 0 Å². The number of oxime groups is 1. The molecule has 0 saturated heterocycles. The molecule has 3 nitrogen and oxygen atoms in total. The van der Waals surface area contributed by atoms with Gasteiger partial charge in [-0.05, 0) is 19.1 Å². The Morgan fingerprint density at radius 2 is 1.82 bits per heavy atom. The van der Waals surface area contributed by atoms with E-state index in [0.29, 0.717) is 12.3 Å². The molecule has 0 unspecified atom stereocenters. The first-order valence-corrected chi connectivity index (χ1v) is 6.93. The van der Waals surface area contributed by atoms with E-state index in [9.17, 15) is 5.21 Å². The SMILES string of the molecule is Cc1ccc2c(ccc[n+]2C/C(=N/O)c2ccccc2)c1.[Cl-]. The third-order valence-electron chi connectivity index (χ3n) is 3.58. The number of hydrogen-bond donors (Lipinski definition) is 1. The van der Waals surface area contributed by atoms with Gasteiger partial charge in [0.15, 0.2) is 18.5 Å². The van der Waals surface area contributed by atoms with Crippen molar-refractivity contribution in [3.8, 4) is 0 Å². The molecule has 0 spiro atoms. The van der Waals surface area contributed by atoms with Crippen molar-refractivity contribution in [3.63, 3.8) is 0 Å². The molecule has 0 fully saturated rings. The fourth-order valence-electron chi connectivity index (χ4n) is 2.51. The molecule has 1 N–H and O–H groups in total. The molecule has 0 aliphatic carbocycles. The van der Waals surface area contributed by atoms with Crippen LogP contribution in [-0.4, -0.2) is 10.9 Å². The molecule has 22 heavy (non-hydrogen) atoms. The first kappa shape index (κ1) is 16.0. The summed E-state index contributed by atoms with van der Waals surface area (Å²) < 4.78 is 2.09. The van der Waals surface area contributed by atoms with Gasteiger partial charge in [0.25, 0.3) is 0 Å². The number of fused-ring (bicyclic) bond motifs is 1. The van der Waals surface area contributed by atoms with E-state index in [1.165, 1.54) is 10.9 Å². The molecule has 0 atom stereocenters. The predicted molar refractivity (Wildman–Crippen MR) is 83.6 cm³/mol. The minimum atomic E-state index is 0. The summed E-state index contributed by atoms with van der Waals surface area (Å²) in [4.78, 5) is 0. The maximum absolute atomic E-state index is 9.33. The highest BCUT2D eigenvalue weighted by atomic mass is 35.5. The molecule has 0 bridgehead atoms. The van der Waals surface area contributed by atoms with Crippen LogP contribution in [0.2, 0.25) is 0 Å². The largest absolute Gasteiger partial charge is 1.00 e. The quantitative estimate of drug-likeness (QED) is 0.321. The standard InChI is InChI=1S/C18H16N2O.ClH/c1-14-9-10-18-16(12-14)8-5-11-20(18)13-17(19-21)15-6-3-2-4-7-15;/h2-12H,13H2,1H3;1H/b19-17-;. The van der Waals surface area contributed by atoms with Gasteiger partial charge >= 0.3 is 0 Å². The summed E-state index contributed by atoms with van der Waals surface area (Å²) in [5.41, 5.74) is 3.94. The van der Waals surface area contributed by atoms with Gasteiger partial charge in [-0.25, -0.2) is 0 Å². The number of rotatable bonds is 3. The number of aryl methyl sites for hydroxylation is 1. The highest BCUT2D eigenvalue weighted by Crippen LogP contribution is 2.12.